The van der Waals surface area contributed by atoms with E-state index in [9.17, 15) is 0 Å². The number of hydrogen-bond acceptors (Lipinski definition) is 2. The summed E-state index contributed by atoms with van der Waals surface area (Å²) in [5.41, 5.74) is 0. The van der Waals surface area contributed by atoms with E-state index < -0.39 is 0 Å². The quantitative estimate of drug-likeness (QED) is 0.735. The predicted octanol–water partition coefficient (Wildman–Crippen LogP) is 3.13. The molecule has 0 aromatic rings. The van der Waals surface area contributed by atoms with Crippen molar-refractivity contribution in [2.24, 2.45) is 11.8 Å². The van der Waals surface area contributed by atoms with Crippen molar-refractivity contribution in [1.29, 1.82) is 0 Å². The van der Waals surface area contributed by atoms with Gasteiger partial charge < -0.3 is 10.2 Å². The zero-order valence-electron chi connectivity index (χ0n) is 12.3. The topological polar surface area (TPSA) is 15.3 Å². The predicted molar refractivity (Wildman–Crippen MR) is 76.4 cm³/mol. The molecule has 0 saturated carbocycles. The molecule has 1 saturated heterocycles. The van der Waals surface area contributed by atoms with Gasteiger partial charge in [0, 0.05) is 12.6 Å². The second-order valence-electron chi connectivity index (χ2n) is 5.93. The summed E-state index contributed by atoms with van der Waals surface area (Å²) in [6, 6.07) is 0.709. The minimum atomic E-state index is 0.709. The largest absolute Gasteiger partial charge is 0.313 e. The summed E-state index contributed by atoms with van der Waals surface area (Å²) in [6.07, 6.45) is 5.42. The van der Waals surface area contributed by atoms with Gasteiger partial charge in [-0.15, -0.1) is 0 Å². The van der Waals surface area contributed by atoms with Gasteiger partial charge in [-0.2, -0.15) is 0 Å². The van der Waals surface area contributed by atoms with Crippen LogP contribution in [0, 0.1) is 11.8 Å². The number of piperidine rings is 1. The zero-order valence-corrected chi connectivity index (χ0v) is 12.3. The molecular formula is C15H32N2. The van der Waals surface area contributed by atoms with Crippen molar-refractivity contribution >= 4 is 0 Å². The maximum Gasteiger partial charge on any atom is 0.0194 e. The lowest BCUT2D eigenvalue weighted by Crippen LogP contribution is -2.44. The van der Waals surface area contributed by atoms with Crippen LogP contribution < -0.4 is 5.32 Å². The molecule has 1 heterocycles. The van der Waals surface area contributed by atoms with E-state index in [2.05, 4.69) is 37.9 Å². The fourth-order valence-corrected chi connectivity index (χ4v) is 3.01. The maximum absolute atomic E-state index is 3.62. The van der Waals surface area contributed by atoms with Gasteiger partial charge in [-0.25, -0.2) is 0 Å². The Morgan fingerprint density at radius 2 is 1.82 bits per heavy atom. The summed E-state index contributed by atoms with van der Waals surface area (Å²) in [6.45, 7) is 14.2. The monoisotopic (exact) mass is 240 g/mol. The van der Waals surface area contributed by atoms with Crippen molar-refractivity contribution < 1.29 is 0 Å². The summed E-state index contributed by atoms with van der Waals surface area (Å²) in [4.78, 5) is 2.67. The maximum atomic E-state index is 3.62. The van der Waals surface area contributed by atoms with Gasteiger partial charge in [0.2, 0.25) is 0 Å². The third-order valence-electron chi connectivity index (χ3n) is 4.18. The van der Waals surface area contributed by atoms with Crippen LogP contribution in [-0.4, -0.2) is 37.1 Å². The van der Waals surface area contributed by atoms with Gasteiger partial charge in [-0.05, 0) is 50.7 Å². The Labute approximate surface area is 108 Å². The molecule has 0 aromatic heterocycles. The number of likely N-dealkylation sites (N-methyl/N-ethyl adjacent to an activating group) is 1. The van der Waals surface area contributed by atoms with Gasteiger partial charge in [0.05, 0.1) is 0 Å². The molecule has 1 aliphatic heterocycles. The standard InChI is InChI=1S/C15H32N2/c1-5-7-15(16-6-2)12-17-10-8-14(9-11-17)13(3)4/h13-16H,5-12H2,1-4H3. The molecule has 1 N–H and O–H groups in total. The number of rotatable bonds is 7. The SMILES string of the molecule is CCCC(CN1CCC(C(C)C)CC1)NCC. The highest BCUT2D eigenvalue weighted by Gasteiger charge is 2.22. The van der Waals surface area contributed by atoms with Crippen molar-refractivity contribution in [3.05, 3.63) is 0 Å². The fraction of sp³-hybridized carbons (Fsp3) is 1.00. The van der Waals surface area contributed by atoms with E-state index in [1.807, 2.05) is 0 Å². The molecule has 102 valence electrons. The van der Waals surface area contributed by atoms with Crippen molar-refractivity contribution in [3.8, 4) is 0 Å². The van der Waals surface area contributed by atoms with E-state index in [1.54, 1.807) is 0 Å². The van der Waals surface area contributed by atoms with Gasteiger partial charge in [0.25, 0.3) is 0 Å². The van der Waals surface area contributed by atoms with Gasteiger partial charge in [-0.1, -0.05) is 34.1 Å². The molecule has 1 rings (SSSR count). The molecule has 0 radical (unpaired) electrons. The summed E-state index contributed by atoms with van der Waals surface area (Å²) < 4.78 is 0. The van der Waals surface area contributed by atoms with E-state index in [4.69, 9.17) is 0 Å². The highest BCUT2D eigenvalue weighted by molar-refractivity contribution is 4.78. The zero-order chi connectivity index (χ0) is 12.7. The van der Waals surface area contributed by atoms with Gasteiger partial charge in [0.15, 0.2) is 0 Å². The van der Waals surface area contributed by atoms with E-state index in [0.29, 0.717) is 6.04 Å². The Morgan fingerprint density at radius 1 is 1.18 bits per heavy atom. The summed E-state index contributed by atoms with van der Waals surface area (Å²) >= 11 is 0. The first kappa shape index (κ1) is 15.0. The highest BCUT2D eigenvalue weighted by atomic mass is 15.2. The molecule has 0 aromatic carbocycles. The number of hydrogen-bond donors (Lipinski definition) is 1. The summed E-state index contributed by atoms with van der Waals surface area (Å²) in [7, 11) is 0. The Balaban J connectivity index is 2.27. The Bertz CT molecular complexity index is 177. The molecule has 1 unspecified atom stereocenters. The third-order valence-corrected chi connectivity index (χ3v) is 4.18. The molecule has 1 aliphatic rings. The van der Waals surface area contributed by atoms with Crippen LogP contribution in [0.3, 0.4) is 0 Å². The lowest BCUT2D eigenvalue weighted by atomic mass is 9.86. The van der Waals surface area contributed by atoms with Crippen molar-refractivity contribution in [1.82, 2.24) is 10.2 Å². The molecule has 2 heteroatoms. The van der Waals surface area contributed by atoms with Crippen LogP contribution in [0.4, 0.5) is 0 Å². The van der Waals surface area contributed by atoms with Crippen LogP contribution in [-0.2, 0) is 0 Å². The van der Waals surface area contributed by atoms with Crippen LogP contribution in [0.25, 0.3) is 0 Å². The molecule has 0 amide bonds. The van der Waals surface area contributed by atoms with Crippen LogP contribution >= 0.6 is 0 Å². The average Bonchev–Trinajstić information content (AvgIpc) is 2.30. The Hall–Kier alpha value is -0.0800. The fourth-order valence-electron chi connectivity index (χ4n) is 3.01. The van der Waals surface area contributed by atoms with Crippen molar-refractivity contribution in [2.45, 2.75) is 59.4 Å². The molecule has 2 nitrogen and oxygen atoms in total. The van der Waals surface area contributed by atoms with E-state index in [-0.39, 0.29) is 0 Å². The lowest BCUT2D eigenvalue weighted by Gasteiger charge is -2.36. The lowest BCUT2D eigenvalue weighted by molar-refractivity contribution is 0.144. The van der Waals surface area contributed by atoms with Crippen LogP contribution in [0.5, 0.6) is 0 Å². The van der Waals surface area contributed by atoms with Gasteiger partial charge in [-0.3, -0.25) is 0 Å². The first-order chi connectivity index (χ1) is 8.17. The highest BCUT2D eigenvalue weighted by Crippen LogP contribution is 2.24. The van der Waals surface area contributed by atoms with Crippen LogP contribution in [0.1, 0.15) is 53.4 Å². The number of nitrogens with one attached hydrogen (secondary N) is 1. The summed E-state index contributed by atoms with van der Waals surface area (Å²) in [5.74, 6) is 1.84. The minimum Gasteiger partial charge on any atom is -0.313 e. The number of nitrogens with zero attached hydrogens (tertiary/aromatic N) is 1. The normalized spacial score (nSPS) is 21.0. The summed E-state index contributed by atoms with van der Waals surface area (Å²) in [5, 5.41) is 3.62. The molecule has 1 fully saturated rings. The Morgan fingerprint density at radius 3 is 2.29 bits per heavy atom. The molecule has 0 aliphatic carbocycles. The second-order valence-corrected chi connectivity index (χ2v) is 5.93. The van der Waals surface area contributed by atoms with E-state index in [0.717, 1.165) is 18.4 Å². The third kappa shape index (κ3) is 5.39. The molecule has 0 spiro atoms. The van der Waals surface area contributed by atoms with Crippen LogP contribution in [0.2, 0.25) is 0 Å². The van der Waals surface area contributed by atoms with Gasteiger partial charge >= 0.3 is 0 Å². The average molecular weight is 240 g/mol. The van der Waals surface area contributed by atoms with Crippen molar-refractivity contribution in [3.63, 3.8) is 0 Å². The first-order valence-corrected chi connectivity index (χ1v) is 7.63. The van der Waals surface area contributed by atoms with Crippen molar-refractivity contribution in [2.75, 3.05) is 26.2 Å². The molecular weight excluding hydrogens is 208 g/mol. The van der Waals surface area contributed by atoms with E-state index >= 15 is 0 Å². The molecule has 1 atom stereocenters. The van der Waals surface area contributed by atoms with Gasteiger partial charge in [0.1, 0.15) is 0 Å². The Kier molecular flexibility index (Phi) is 7.14. The molecule has 0 bridgehead atoms. The first-order valence-electron chi connectivity index (χ1n) is 7.63. The smallest absolute Gasteiger partial charge is 0.0194 e. The second kappa shape index (κ2) is 8.10. The van der Waals surface area contributed by atoms with E-state index in [1.165, 1.54) is 45.3 Å². The number of likely N-dealkylation sites (tertiary alicyclic amines) is 1. The minimum absolute atomic E-state index is 0.709. The van der Waals surface area contributed by atoms with Crippen LogP contribution in [0.15, 0.2) is 0 Å². The molecule has 17 heavy (non-hydrogen) atoms.